The van der Waals surface area contributed by atoms with Crippen molar-refractivity contribution >= 4 is 6.03 Å². The molecule has 1 N–H and O–H groups in total. The van der Waals surface area contributed by atoms with Crippen LogP contribution in [-0.2, 0) is 11.3 Å². The van der Waals surface area contributed by atoms with Crippen LogP contribution in [0.3, 0.4) is 0 Å². The molecule has 2 aromatic rings. The highest BCUT2D eigenvalue weighted by atomic mass is 16.5. The molecule has 25 heavy (non-hydrogen) atoms. The Morgan fingerprint density at radius 3 is 2.56 bits per heavy atom. The van der Waals surface area contributed by atoms with E-state index in [1.165, 1.54) is 0 Å². The predicted octanol–water partition coefficient (Wildman–Crippen LogP) is 2.20. The highest BCUT2D eigenvalue weighted by Crippen LogP contribution is 2.12. The van der Waals surface area contributed by atoms with Gasteiger partial charge in [-0.1, -0.05) is 6.07 Å². The third-order valence-electron chi connectivity index (χ3n) is 4.19. The number of hydrogen-bond acceptors (Lipinski definition) is 4. The quantitative estimate of drug-likeness (QED) is 0.927. The van der Waals surface area contributed by atoms with Crippen LogP contribution in [0.25, 0.3) is 5.82 Å². The van der Waals surface area contributed by atoms with E-state index < -0.39 is 0 Å². The Labute approximate surface area is 148 Å². The monoisotopic (exact) mass is 343 g/mol. The Morgan fingerprint density at radius 1 is 1.28 bits per heavy atom. The number of nitrogens with one attached hydrogen (secondary N) is 1. The largest absolute Gasteiger partial charge is 0.372 e. The standard InChI is InChI=1S/C18H25N5O2/c1-12-7-13(2)23(21-12)17-6-5-16(8-19-17)9-20-18(24)22-10-14(3)25-15(4)11-22/h5-8,14-15H,9-11H2,1-4H3,(H,20,24). The minimum absolute atomic E-state index is 0.0652. The Bertz CT molecular complexity index is 730. The first kappa shape index (κ1) is 17.4. The fourth-order valence-corrected chi connectivity index (χ4v) is 3.14. The molecule has 3 heterocycles. The Balaban J connectivity index is 1.58. The summed E-state index contributed by atoms with van der Waals surface area (Å²) in [5, 5.41) is 7.38. The molecule has 0 radical (unpaired) electrons. The Hall–Kier alpha value is -2.41. The number of carbonyl (C=O) groups is 1. The molecule has 134 valence electrons. The van der Waals surface area contributed by atoms with Crippen LogP contribution in [0, 0.1) is 13.8 Å². The van der Waals surface area contributed by atoms with Gasteiger partial charge >= 0.3 is 6.03 Å². The highest BCUT2D eigenvalue weighted by molar-refractivity contribution is 5.74. The SMILES string of the molecule is Cc1cc(C)n(-c2ccc(CNC(=O)N3CC(C)OC(C)C3)cn2)n1. The number of nitrogens with zero attached hydrogens (tertiary/aromatic N) is 4. The van der Waals surface area contributed by atoms with Crippen LogP contribution < -0.4 is 5.32 Å². The summed E-state index contributed by atoms with van der Waals surface area (Å²) >= 11 is 0. The lowest BCUT2D eigenvalue weighted by molar-refractivity contribution is -0.0545. The van der Waals surface area contributed by atoms with Gasteiger partial charge in [0.05, 0.1) is 17.9 Å². The summed E-state index contributed by atoms with van der Waals surface area (Å²) in [7, 11) is 0. The zero-order chi connectivity index (χ0) is 18.0. The maximum absolute atomic E-state index is 12.3. The normalized spacial score (nSPS) is 20.6. The molecule has 7 nitrogen and oxygen atoms in total. The predicted molar refractivity (Wildman–Crippen MR) is 94.7 cm³/mol. The van der Waals surface area contributed by atoms with E-state index in [2.05, 4.69) is 15.4 Å². The van der Waals surface area contributed by atoms with Crippen LogP contribution in [0.4, 0.5) is 4.79 Å². The molecular formula is C18H25N5O2. The number of urea groups is 1. The molecule has 7 heteroatoms. The van der Waals surface area contributed by atoms with Crippen LogP contribution >= 0.6 is 0 Å². The molecule has 1 aliphatic rings. The van der Waals surface area contributed by atoms with Crippen molar-refractivity contribution in [3.63, 3.8) is 0 Å². The lowest BCUT2D eigenvalue weighted by Gasteiger charge is -2.35. The number of aromatic nitrogens is 3. The van der Waals surface area contributed by atoms with Gasteiger partial charge in [0, 0.05) is 31.5 Å². The number of aryl methyl sites for hydroxylation is 2. The van der Waals surface area contributed by atoms with Gasteiger partial charge < -0.3 is 15.0 Å². The first-order chi connectivity index (χ1) is 11.9. The summed E-state index contributed by atoms with van der Waals surface area (Å²) in [6.07, 6.45) is 1.91. The fourth-order valence-electron chi connectivity index (χ4n) is 3.14. The second kappa shape index (κ2) is 7.23. The third-order valence-corrected chi connectivity index (χ3v) is 4.19. The fraction of sp³-hybridized carbons (Fsp3) is 0.500. The summed E-state index contributed by atoms with van der Waals surface area (Å²) in [6, 6.07) is 5.83. The number of rotatable bonds is 3. The number of ether oxygens (including phenoxy) is 1. The van der Waals surface area contributed by atoms with Gasteiger partial charge in [0.25, 0.3) is 0 Å². The minimum atomic E-state index is -0.0652. The van der Waals surface area contributed by atoms with E-state index in [9.17, 15) is 4.79 Å². The summed E-state index contributed by atoms with van der Waals surface area (Å²) in [5.41, 5.74) is 2.96. The van der Waals surface area contributed by atoms with Crippen LogP contribution in [0.5, 0.6) is 0 Å². The molecule has 3 rings (SSSR count). The van der Waals surface area contributed by atoms with Crippen molar-refractivity contribution in [2.24, 2.45) is 0 Å². The second-order valence-corrected chi connectivity index (χ2v) is 6.68. The zero-order valence-electron chi connectivity index (χ0n) is 15.2. The third kappa shape index (κ3) is 4.17. The van der Waals surface area contributed by atoms with Gasteiger partial charge in [-0.25, -0.2) is 14.5 Å². The average Bonchev–Trinajstić information content (AvgIpc) is 2.90. The number of hydrogen-bond donors (Lipinski definition) is 1. The molecular weight excluding hydrogens is 318 g/mol. The molecule has 2 unspecified atom stereocenters. The van der Waals surface area contributed by atoms with E-state index in [-0.39, 0.29) is 18.2 Å². The molecule has 2 amide bonds. The lowest BCUT2D eigenvalue weighted by Crippen LogP contribution is -2.51. The van der Waals surface area contributed by atoms with Crippen molar-refractivity contribution < 1.29 is 9.53 Å². The molecule has 0 aliphatic carbocycles. The molecule has 0 spiro atoms. The molecule has 0 aromatic carbocycles. The van der Waals surface area contributed by atoms with Gasteiger partial charge in [0.2, 0.25) is 0 Å². The summed E-state index contributed by atoms with van der Waals surface area (Å²) in [4.78, 5) is 18.6. The maximum atomic E-state index is 12.3. The van der Waals surface area contributed by atoms with E-state index in [4.69, 9.17) is 4.74 Å². The van der Waals surface area contributed by atoms with E-state index in [1.807, 2.05) is 50.6 Å². The zero-order valence-corrected chi connectivity index (χ0v) is 15.2. The van der Waals surface area contributed by atoms with Crippen LogP contribution in [0.2, 0.25) is 0 Å². The molecule has 2 atom stereocenters. The molecule has 0 saturated carbocycles. The van der Waals surface area contributed by atoms with E-state index in [0.717, 1.165) is 22.8 Å². The molecule has 2 aromatic heterocycles. The van der Waals surface area contributed by atoms with Gasteiger partial charge in [-0.3, -0.25) is 0 Å². The van der Waals surface area contributed by atoms with Gasteiger partial charge in [-0.2, -0.15) is 5.10 Å². The van der Waals surface area contributed by atoms with Gasteiger partial charge in [-0.15, -0.1) is 0 Å². The molecule has 0 bridgehead atoms. The van der Waals surface area contributed by atoms with Gasteiger partial charge in [0.15, 0.2) is 5.82 Å². The van der Waals surface area contributed by atoms with Gasteiger partial charge in [0.1, 0.15) is 0 Å². The summed E-state index contributed by atoms with van der Waals surface area (Å²) in [5.74, 6) is 0.775. The Kier molecular flexibility index (Phi) is 5.03. The van der Waals surface area contributed by atoms with Crippen molar-refractivity contribution in [3.05, 3.63) is 41.3 Å². The van der Waals surface area contributed by atoms with E-state index in [1.54, 1.807) is 11.1 Å². The second-order valence-electron chi connectivity index (χ2n) is 6.68. The number of morpholine rings is 1. The topological polar surface area (TPSA) is 72.3 Å². The van der Waals surface area contributed by atoms with Crippen molar-refractivity contribution in [3.8, 4) is 5.82 Å². The first-order valence-corrected chi connectivity index (χ1v) is 8.59. The summed E-state index contributed by atoms with van der Waals surface area (Å²) < 4.78 is 7.47. The smallest absolute Gasteiger partial charge is 0.317 e. The van der Waals surface area contributed by atoms with E-state index in [0.29, 0.717) is 19.6 Å². The van der Waals surface area contributed by atoms with Crippen molar-refractivity contribution in [1.82, 2.24) is 25.0 Å². The maximum Gasteiger partial charge on any atom is 0.317 e. The number of pyridine rings is 1. The molecule has 1 aliphatic heterocycles. The van der Waals surface area contributed by atoms with Crippen LogP contribution in [0.1, 0.15) is 30.8 Å². The molecule has 1 fully saturated rings. The van der Waals surface area contributed by atoms with E-state index >= 15 is 0 Å². The Morgan fingerprint density at radius 2 is 2.00 bits per heavy atom. The number of carbonyl (C=O) groups excluding carboxylic acids is 1. The van der Waals surface area contributed by atoms with Crippen molar-refractivity contribution in [2.75, 3.05) is 13.1 Å². The van der Waals surface area contributed by atoms with Gasteiger partial charge in [-0.05, 0) is 45.4 Å². The van der Waals surface area contributed by atoms with Crippen LogP contribution in [0.15, 0.2) is 24.4 Å². The molecule has 1 saturated heterocycles. The first-order valence-electron chi connectivity index (χ1n) is 8.59. The highest BCUT2D eigenvalue weighted by Gasteiger charge is 2.25. The lowest BCUT2D eigenvalue weighted by atomic mass is 10.2. The van der Waals surface area contributed by atoms with Crippen molar-refractivity contribution in [1.29, 1.82) is 0 Å². The minimum Gasteiger partial charge on any atom is -0.372 e. The van der Waals surface area contributed by atoms with Crippen molar-refractivity contribution in [2.45, 2.75) is 46.4 Å². The number of amides is 2. The summed E-state index contributed by atoms with van der Waals surface area (Å²) in [6.45, 7) is 9.61. The van der Waals surface area contributed by atoms with Crippen LogP contribution in [-0.4, -0.2) is 51.0 Å². The average molecular weight is 343 g/mol.